The number of nitrogens with zero attached hydrogens (tertiary/aromatic N) is 1. The number of hydrogen-bond acceptors (Lipinski definition) is 3. The van der Waals surface area contributed by atoms with E-state index in [-0.39, 0.29) is 17.9 Å². The van der Waals surface area contributed by atoms with Crippen LogP contribution < -0.4 is 16.0 Å². The van der Waals surface area contributed by atoms with E-state index in [1.54, 1.807) is 11.8 Å². The molecule has 0 aromatic heterocycles. The first-order chi connectivity index (χ1) is 11.1. The molecule has 1 aliphatic carbocycles. The SMILES string of the molecule is CC(=O)N1CCc2cc(C(=O)NC3CCCCC3CN)ccc21. The number of hydrogen-bond donors (Lipinski definition) is 2. The van der Waals surface area contributed by atoms with Crippen LogP contribution in [0.15, 0.2) is 18.2 Å². The number of amides is 2. The topological polar surface area (TPSA) is 75.4 Å². The molecule has 1 fully saturated rings. The van der Waals surface area contributed by atoms with E-state index in [2.05, 4.69) is 5.32 Å². The molecule has 5 heteroatoms. The predicted octanol–water partition coefficient (Wildman–Crippen LogP) is 1.84. The Hall–Kier alpha value is -1.88. The van der Waals surface area contributed by atoms with Gasteiger partial charge in [-0.15, -0.1) is 0 Å². The molecule has 1 aromatic carbocycles. The molecule has 1 aromatic rings. The van der Waals surface area contributed by atoms with Crippen molar-refractivity contribution < 1.29 is 9.59 Å². The molecule has 3 N–H and O–H groups in total. The maximum atomic E-state index is 12.6. The van der Waals surface area contributed by atoms with E-state index in [9.17, 15) is 9.59 Å². The van der Waals surface area contributed by atoms with E-state index in [0.717, 1.165) is 36.9 Å². The minimum atomic E-state index is -0.0283. The molecule has 0 saturated heterocycles. The van der Waals surface area contributed by atoms with E-state index in [0.29, 0.717) is 24.6 Å². The lowest BCUT2D eigenvalue weighted by atomic mass is 9.84. The minimum absolute atomic E-state index is 0.0283. The Morgan fingerprint density at radius 1 is 1.30 bits per heavy atom. The molecule has 2 aliphatic rings. The fourth-order valence-electron chi connectivity index (χ4n) is 3.80. The molecule has 124 valence electrons. The van der Waals surface area contributed by atoms with Crippen molar-refractivity contribution in [3.05, 3.63) is 29.3 Å². The van der Waals surface area contributed by atoms with Crippen LogP contribution in [-0.2, 0) is 11.2 Å². The number of fused-ring (bicyclic) bond motifs is 1. The average molecular weight is 315 g/mol. The van der Waals surface area contributed by atoms with Crippen molar-refractivity contribution >= 4 is 17.5 Å². The largest absolute Gasteiger partial charge is 0.349 e. The summed E-state index contributed by atoms with van der Waals surface area (Å²) in [6, 6.07) is 5.81. The minimum Gasteiger partial charge on any atom is -0.349 e. The van der Waals surface area contributed by atoms with E-state index in [1.165, 1.54) is 6.42 Å². The Kier molecular flexibility index (Phi) is 4.66. The summed E-state index contributed by atoms with van der Waals surface area (Å²) in [5, 5.41) is 3.16. The molecule has 2 unspecified atom stereocenters. The number of benzene rings is 1. The Morgan fingerprint density at radius 2 is 2.09 bits per heavy atom. The quantitative estimate of drug-likeness (QED) is 0.894. The third kappa shape index (κ3) is 3.24. The van der Waals surface area contributed by atoms with Crippen molar-refractivity contribution in [1.82, 2.24) is 5.32 Å². The van der Waals surface area contributed by atoms with Crippen LogP contribution in [0, 0.1) is 5.92 Å². The lowest BCUT2D eigenvalue weighted by Crippen LogP contribution is -2.44. The molecule has 1 heterocycles. The third-order valence-electron chi connectivity index (χ3n) is 5.15. The highest BCUT2D eigenvalue weighted by Gasteiger charge is 2.27. The van der Waals surface area contributed by atoms with Gasteiger partial charge in [0.15, 0.2) is 0 Å². The lowest BCUT2D eigenvalue weighted by molar-refractivity contribution is -0.116. The van der Waals surface area contributed by atoms with Gasteiger partial charge < -0.3 is 16.0 Å². The maximum absolute atomic E-state index is 12.6. The highest BCUT2D eigenvalue weighted by molar-refractivity contribution is 5.98. The smallest absolute Gasteiger partial charge is 0.251 e. The van der Waals surface area contributed by atoms with Gasteiger partial charge in [-0.05, 0) is 55.5 Å². The summed E-state index contributed by atoms with van der Waals surface area (Å²) in [6.07, 6.45) is 5.27. The molecule has 3 rings (SSSR count). The summed E-state index contributed by atoms with van der Waals surface area (Å²) in [6.45, 7) is 2.90. The number of nitrogens with one attached hydrogen (secondary N) is 1. The Morgan fingerprint density at radius 3 is 2.83 bits per heavy atom. The van der Waals surface area contributed by atoms with Crippen LogP contribution >= 0.6 is 0 Å². The summed E-state index contributed by atoms with van der Waals surface area (Å²) in [4.78, 5) is 25.9. The zero-order valence-corrected chi connectivity index (χ0v) is 13.7. The standard InChI is InChI=1S/C18H25N3O2/c1-12(22)21-9-8-13-10-14(6-7-17(13)21)18(23)20-16-5-3-2-4-15(16)11-19/h6-7,10,15-16H,2-5,8-9,11,19H2,1H3,(H,20,23). The van der Waals surface area contributed by atoms with E-state index in [1.807, 2.05) is 18.2 Å². The summed E-state index contributed by atoms with van der Waals surface area (Å²) in [7, 11) is 0. The molecular weight excluding hydrogens is 290 g/mol. The van der Waals surface area contributed by atoms with Crippen molar-refractivity contribution in [3.63, 3.8) is 0 Å². The molecule has 5 nitrogen and oxygen atoms in total. The van der Waals surface area contributed by atoms with Gasteiger partial charge in [0.2, 0.25) is 5.91 Å². The molecule has 0 bridgehead atoms. The van der Waals surface area contributed by atoms with Crippen LogP contribution in [0.25, 0.3) is 0 Å². The van der Waals surface area contributed by atoms with Crippen LogP contribution in [0.4, 0.5) is 5.69 Å². The maximum Gasteiger partial charge on any atom is 0.251 e. The molecule has 0 spiro atoms. The van der Waals surface area contributed by atoms with Crippen molar-refractivity contribution in [2.45, 2.75) is 45.1 Å². The van der Waals surface area contributed by atoms with E-state index >= 15 is 0 Å². The summed E-state index contributed by atoms with van der Waals surface area (Å²) in [5.41, 5.74) is 8.53. The molecule has 2 atom stereocenters. The Bertz CT molecular complexity index is 614. The average Bonchev–Trinajstić information content (AvgIpc) is 2.98. The van der Waals surface area contributed by atoms with Crippen molar-refractivity contribution in [1.29, 1.82) is 0 Å². The zero-order chi connectivity index (χ0) is 16.4. The van der Waals surface area contributed by atoms with Crippen LogP contribution in [0.5, 0.6) is 0 Å². The Labute approximate surface area is 137 Å². The predicted molar refractivity (Wildman–Crippen MR) is 90.4 cm³/mol. The second-order valence-electron chi connectivity index (χ2n) is 6.62. The van der Waals surface area contributed by atoms with Gasteiger partial charge in [0.25, 0.3) is 5.91 Å². The van der Waals surface area contributed by atoms with Gasteiger partial charge in [0.05, 0.1) is 0 Å². The molecular formula is C18H25N3O2. The monoisotopic (exact) mass is 315 g/mol. The van der Waals surface area contributed by atoms with E-state index in [4.69, 9.17) is 5.73 Å². The fourth-order valence-corrected chi connectivity index (χ4v) is 3.80. The second kappa shape index (κ2) is 6.71. The van der Waals surface area contributed by atoms with Gasteiger partial charge in [0.1, 0.15) is 0 Å². The van der Waals surface area contributed by atoms with Crippen LogP contribution in [0.2, 0.25) is 0 Å². The molecule has 2 amide bonds. The third-order valence-corrected chi connectivity index (χ3v) is 5.15. The highest BCUT2D eigenvalue weighted by Crippen LogP contribution is 2.29. The molecule has 0 radical (unpaired) electrons. The number of anilines is 1. The molecule has 1 aliphatic heterocycles. The lowest BCUT2D eigenvalue weighted by Gasteiger charge is -2.31. The molecule has 1 saturated carbocycles. The summed E-state index contributed by atoms with van der Waals surface area (Å²) >= 11 is 0. The first-order valence-electron chi connectivity index (χ1n) is 8.52. The normalized spacial score (nSPS) is 23.5. The van der Waals surface area contributed by atoms with Crippen LogP contribution in [-0.4, -0.2) is 30.9 Å². The van der Waals surface area contributed by atoms with Gasteiger partial charge in [-0.3, -0.25) is 9.59 Å². The van der Waals surface area contributed by atoms with Gasteiger partial charge >= 0.3 is 0 Å². The van der Waals surface area contributed by atoms with Gasteiger partial charge in [0, 0.05) is 30.8 Å². The fraction of sp³-hybridized carbons (Fsp3) is 0.556. The first kappa shape index (κ1) is 16.0. The number of carbonyl (C=O) groups excluding carboxylic acids is 2. The number of carbonyl (C=O) groups is 2. The first-order valence-corrected chi connectivity index (χ1v) is 8.52. The van der Waals surface area contributed by atoms with Crippen LogP contribution in [0.1, 0.15) is 48.5 Å². The van der Waals surface area contributed by atoms with E-state index < -0.39 is 0 Å². The van der Waals surface area contributed by atoms with Gasteiger partial charge in [-0.1, -0.05) is 12.8 Å². The van der Waals surface area contributed by atoms with Crippen LogP contribution in [0.3, 0.4) is 0 Å². The molecule has 23 heavy (non-hydrogen) atoms. The highest BCUT2D eigenvalue weighted by atomic mass is 16.2. The number of nitrogens with two attached hydrogens (primary N) is 1. The summed E-state index contributed by atoms with van der Waals surface area (Å²) < 4.78 is 0. The van der Waals surface area contributed by atoms with Crippen molar-refractivity contribution in [2.75, 3.05) is 18.0 Å². The number of rotatable bonds is 3. The van der Waals surface area contributed by atoms with Gasteiger partial charge in [-0.25, -0.2) is 0 Å². The van der Waals surface area contributed by atoms with Crippen molar-refractivity contribution in [3.8, 4) is 0 Å². The van der Waals surface area contributed by atoms with Gasteiger partial charge in [-0.2, -0.15) is 0 Å². The Balaban J connectivity index is 1.72. The second-order valence-corrected chi connectivity index (χ2v) is 6.62. The van der Waals surface area contributed by atoms with Crippen molar-refractivity contribution in [2.24, 2.45) is 11.7 Å². The summed E-state index contributed by atoms with van der Waals surface area (Å²) in [5.74, 6) is 0.406. The zero-order valence-electron chi connectivity index (χ0n) is 13.7.